The average molecular weight is 243 g/mol. The summed E-state index contributed by atoms with van der Waals surface area (Å²) in [6.07, 6.45) is 0.891. The van der Waals surface area contributed by atoms with Crippen molar-refractivity contribution >= 4 is 5.69 Å². The number of anilines is 1. The van der Waals surface area contributed by atoms with Gasteiger partial charge in [0, 0.05) is 5.69 Å². The molecule has 1 aromatic rings. The van der Waals surface area contributed by atoms with Gasteiger partial charge in [0.1, 0.15) is 0 Å². The van der Waals surface area contributed by atoms with Crippen LogP contribution in [-0.4, -0.2) is 0 Å². The minimum atomic E-state index is -4.35. The minimum Gasteiger partial charge on any atom is -0.398 e. The number of halogens is 3. The first kappa shape index (κ1) is 12.3. The highest BCUT2D eigenvalue weighted by atomic mass is 19.4. The Morgan fingerprint density at radius 2 is 1.71 bits per heavy atom. The van der Waals surface area contributed by atoms with Crippen LogP contribution in [0.3, 0.4) is 0 Å². The van der Waals surface area contributed by atoms with Gasteiger partial charge >= 0.3 is 6.18 Å². The fourth-order valence-corrected chi connectivity index (χ4v) is 2.60. The van der Waals surface area contributed by atoms with Crippen molar-refractivity contribution in [2.75, 3.05) is 5.73 Å². The van der Waals surface area contributed by atoms with Crippen LogP contribution in [0.15, 0.2) is 18.2 Å². The lowest BCUT2D eigenvalue weighted by Gasteiger charge is -2.24. The van der Waals surface area contributed by atoms with Gasteiger partial charge in [-0.2, -0.15) is 13.2 Å². The normalized spacial score (nSPS) is 18.3. The lowest BCUT2D eigenvalue weighted by atomic mass is 9.82. The molecule has 0 spiro atoms. The second-order valence-electron chi connectivity index (χ2n) is 4.64. The van der Waals surface area contributed by atoms with E-state index in [0.29, 0.717) is 5.56 Å². The Morgan fingerprint density at radius 1 is 1.06 bits per heavy atom. The second-order valence-corrected chi connectivity index (χ2v) is 4.64. The van der Waals surface area contributed by atoms with Crippen molar-refractivity contribution in [3.8, 4) is 0 Å². The van der Waals surface area contributed by atoms with Crippen LogP contribution < -0.4 is 5.73 Å². The van der Waals surface area contributed by atoms with Crippen LogP contribution in [0.2, 0.25) is 0 Å². The predicted molar refractivity (Wildman–Crippen MR) is 61.7 cm³/mol. The number of nitrogen functional groups attached to an aromatic ring is 1. The Hall–Kier alpha value is -1.19. The molecule has 1 saturated carbocycles. The van der Waals surface area contributed by atoms with Crippen LogP contribution in [0.25, 0.3) is 0 Å². The molecule has 1 aromatic carbocycles. The third kappa shape index (κ3) is 2.56. The first-order chi connectivity index (χ1) is 8.00. The Balaban J connectivity index is 2.35. The van der Waals surface area contributed by atoms with Gasteiger partial charge in [-0.3, -0.25) is 0 Å². The Bertz CT molecular complexity index is 392. The van der Waals surface area contributed by atoms with E-state index in [1.807, 2.05) is 0 Å². The summed E-state index contributed by atoms with van der Waals surface area (Å²) in [7, 11) is 0. The zero-order valence-electron chi connectivity index (χ0n) is 9.56. The highest BCUT2D eigenvalue weighted by molar-refractivity contribution is 5.56. The SMILES string of the molecule is Nc1c(C2CCCCC2)cccc1C(F)(F)F. The van der Waals surface area contributed by atoms with E-state index in [2.05, 4.69) is 0 Å². The second kappa shape index (κ2) is 4.59. The third-order valence-electron chi connectivity index (χ3n) is 3.49. The van der Waals surface area contributed by atoms with E-state index < -0.39 is 11.7 Å². The van der Waals surface area contributed by atoms with Crippen molar-refractivity contribution in [1.29, 1.82) is 0 Å². The van der Waals surface area contributed by atoms with Crippen molar-refractivity contribution in [2.24, 2.45) is 0 Å². The summed E-state index contributed by atoms with van der Waals surface area (Å²) in [5.74, 6) is 0.200. The number of rotatable bonds is 1. The van der Waals surface area contributed by atoms with Gasteiger partial charge < -0.3 is 5.73 Å². The Labute approximate surface area is 98.8 Å². The first-order valence-electron chi connectivity index (χ1n) is 5.95. The van der Waals surface area contributed by atoms with Gasteiger partial charge in [-0.15, -0.1) is 0 Å². The molecule has 94 valence electrons. The number of hydrogen-bond acceptors (Lipinski definition) is 1. The molecule has 1 aliphatic carbocycles. The molecule has 0 aromatic heterocycles. The summed E-state index contributed by atoms with van der Waals surface area (Å²) < 4.78 is 38.1. The molecule has 0 amide bonds. The van der Waals surface area contributed by atoms with E-state index in [4.69, 9.17) is 5.73 Å². The predicted octanol–water partition coefficient (Wildman–Crippen LogP) is 4.34. The van der Waals surface area contributed by atoms with E-state index in [1.165, 1.54) is 12.5 Å². The lowest BCUT2D eigenvalue weighted by molar-refractivity contribution is -0.136. The molecule has 4 heteroatoms. The highest BCUT2D eigenvalue weighted by Crippen LogP contribution is 2.41. The molecule has 1 aliphatic rings. The van der Waals surface area contributed by atoms with E-state index in [1.54, 1.807) is 6.07 Å². The maximum Gasteiger partial charge on any atom is 0.418 e. The van der Waals surface area contributed by atoms with Crippen LogP contribution >= 0.6 is 0 Å². The van der Waals surface area contributed by atoms with Gasteiger partial charge in [-0.25, -0.2) is 0 Å². The fraction of sp³-hybridized carbons (Fsp3) is 0.538. The largest absolute Gasteiger partial charge is 0.418 e. The minimum absolute atomic E-state index is 0.0769. The van der Waals surface area contributed by atoms with E-state index in [-0.39, 0.29) is 11.6 Å². The molecule has 17 heavy (non-hydrogen) atoms. The maximum atomic E-state index is 12.7. The average Bonchev–Trinajstić information content (AvgIpc) is 2.29. The fourth-order valence-electron chi connectivity index (χ4n) is 2.60. The third-order valence-corrected chi connectivity index (χ3v) is 3.49. The van der Waals surface area contributed by atoms with Gasteiger partial charge in [0.15, 0.2) is 0 Å². The zero-order chi connectivity index (χ0) is 12.5. The monoisotopic (exact) mass is 243 g/mol. The zero-order valence-corrected chi connectivity index (χ0v) is 9.56. The Morgan fingerprint density at radius 3 is 2.29 bits per heavy atom. The summed E-state index contributed by atoms with van der Waals surface area (Å²) in [6.45, 7) is 0. The summed E-state index contributed by atoms with van der Waals surface area (Å²) in [6, 6.07) is 4.26. The molecule has 0 saturated heterocycles. The van der Waals surface area contributed by atoms with Crippen molar-refractivity contribution < 1.29 is 13.2 Å². The van der Waals surface area contributed by atoms with Crippen molar-refractivity contribution in [3.05, 3.63) is 29.3 Å². The van der Waals surface area contributed by atoms with Crippen LogP contribution in [0.5, 0.6) is 0 Å². The van der Waals surface area contributed by atoms with E-state index in [9.17, 15) is 13.2 Å². The number of para-hydroxylation sites is 1. The Kier molecular flexibility index (Phi) is 3.31. The van der Waals surface area contributed by atoms with E-state index >= 15 is 0 Å². The summed E-state index contributed by atoms with van der Waals surface area (Å²) >= 11 is 0. The number of hydrogen-bond donors (Lipinski definition) is 1. The molecular weight excluding hydrogens is 227 g/mol. The van der Waals surface area contributed by atoms with Crippen molar-refractivity contribution in [2.45, 2.75) is 44.2 Å². The van der Waals surface area contributed by atoms with Gasteiger partial charge in [-0.1, -0.05) is 31.4 Å². The molecule has 2 N–H and O–H groups in total. The molecule has 0 bridgehead atoms. The van der Waals surface area contributed by atoms with Crippen molar-refractivity contribution in [3.63, 3.8) is 0 Å². The van der Waals surface area contributed by atoms with Crippen LogP contribution in [0.1, 0.15) is 49.1 Å². The lowest BCUT2D eigenvalue weighted by Crippen LogP contribution is -2.13. The van der Waals surface area contributed by atoms with Gasteiger partial charge in [0.2, 0.25) is 0 Å². The molecule has 1 fully saturated rings. The summed E-state index contributed by atoms with van der Waals surface area (Å²) in [4.78, 5) is 0. The summed E-state index contributed by atoms with van der Waals surface area (Å²) in [5, 5.41) is 0. The standard InChI is InChI=1S/C13H16F3N/c14-13(15,16)11-8-4-7-10(12(11)17)9-5-2-1-3-6-9/h4,7-9H,1-3,5-6,17H2. The molecular formula is C13H16F3N. The van der Waals surface area contributed by atoms with E-state index in [0.717, 1.165) is 31.7 Å². The topological polar surface area (TPSA) is 26.0 Å². The van der Waals surface area contributed by atoms with Gasteiger partial charge in [0.25, 0.3) is 0 Å². The smallest absolute Gasteiger partial charge is 0.398 e. The van der Waals surface area contributed by atoms with Crippen LogP contribution in [0.4, 0.5) is 18.9 Å². The molecule has 0 aliphatic heterocycles. The van der Waals surface area contributed by atoms with Gasteiger partial charge in [-0.05, 0) is 30.4 Å². The molecule has 0 atom stereocenters. The van der Waals surface area contributed by atoms with Crippen molar-refractivity contribution in [1.82, 2.24) is 0 Å². The quantitative estimate of drug-likeness (QED) is 0.730. The molecule has 1 nitrogen and oxygen atoms in total. The van der Waals surface area contributed by atoms with Crippen LogP contribution in [-0.2, 0) is 6.18 Å². The molecule has 2 rings (SSSR count). The first-order valence-corrected chi connectivity index (χ1v) is 5.95. The number of benzene rings is 1. The highest BCUT2D eigenvalue weighted by Gasteiger charge is 2.34. The molecule has 0 unspecified atom stereocenters. The molecule has 0 heterocycles. The molecule has 0 radical (unpaired) electrons. The van der Waals surface area contributed by atoms with Gasteiger partial charge in [0.05, 0.1) is 5.56 Å². The maximum absolute atomic E-state index is 12.7. The van der Waals surface area contributed by atoms with Crippen LogP contribution in [0, 0.1) is 0 Å². The summed E-state index contributed by atoms with van der Waals surface area (Å²) in [5.41, 5.74) is 5.59. The number of nitrogens with two attached hydrogens (primary N) is 1. The number of alkyl halides is 3.